The summed E-state index contributed by atoms with van der Waals surface area (Å²) in [5.74, 6) is -0.655. The highest BCUT2D eigenvalue weighted by atomic mass is 35.5. The minimum Gasteiger partial charge on any atom is -0.508 e. The number of aromatic hydroxyl groups is 1. The van der Waals surface area contributed by atoms with E-state index in [9.17, 15) is 29.1 Å². The van der Waals surface area contributed by atoms with Crippen LogP contribution in [0.3, 0.4) is 0 Å². The number of carbonyl (C=O) groups is 5. The van der Waals surface area contributed by atoms with Crippen LogP contribution >= 0.6 is 11.6 Å². The molecule has 366 valence electrons. The number of ether oxygens (including phenoxy) is 5. The fourth-order valence-corrected chi connectivity index (χ4v) is 8.71. The number of phenols is 1. The first kappa shape index (κ1) is 50.7. The topological polar surface area (TPSA) is 186 Å². The largest absolute Gasteiger partial charge is 0.508 e. The van der Waals surface area contributed by atoms with Crippen LogP contribution in [0.1, 0.15) is 63.1 Å². The molecule has 0 aromatic heterocycles. The minimum atomic E-state index is -1.02. The number of nitrogens with one attached hydrogen (secondary N) is 2. The Labute approximate surface area is 407 Å². The molecule has 1 atom stereocenters. The zero-order chi connectivity index (χ0) is 48.4. The quantitative estimate of drug-likeness (QED) is 0.0312. The number of phenolic OH excluding ortho intramolecular Hbond substituents is 1. The van der Waals surface area contributed by atoms with Gasteiger partial charge in [-0.1, -0.05) is 60.7 Å². The van der Waals surface area contributed by atoms with Gasteiger partial charge in [-0.3, -0.25) is 39.1 Å². The molecule has 3 aliphatic rings. The van der Waals surface area contributed by atoms with Crippen LogP contribution in [0.5, 0.6) is 11.5 Å². The van der Waals surface area contributed by atoms with Crippen molar-refractivity contribution in [3.05, 3.63) is 125 Å². The third kappa shape index (κ3) is 14.0. The standard InChI is InChI=1S/C52H60ClN5O11/c53-21-19-42(37-5-2-1-3-6-37)48(38-9-13-40(59)14-10-38)39-11-15-41(16-12-39)69-30-27-56-23-25-57(26-24-56)47(61)20-28-65-31-33-67-35-36-68-34-32-66-29-22-54-44-8-4-7-43-49(44)52(64)58(51(43)63)45-17-18-46(60)55-50(45)62/h1-16,45,54,59H,17-36H2,(H,55,60,62). The first-order valence-electron chi connectivity index (χ1n) is 23.5. The minimum absolute atomic E-state index is 0.0572. The molecule has 4 aromatic carbocycles. The first-order chi connectivity index (χ1) is 33.7. The summed E-state index contributed by atoms with van der Waals surface area (Å²) in [7, 11) is 0. The summed E-state index contributed by atoms with van der Waals surface area (Å²) >= 11 is 6.31. The average Bonchev–Trinajstić information content (AvgIpc) is 3.62. The van der Waals surface area contributed by atoms with Gasteiger partial charge in [0.1, 0.15) is 24.1 Å². The highest BCUT2D eigenvalue weighted by Crippen LogP contribution is 2.36. The molecule has 0 aliphatic carbocycles. The van der Waals surface area contributed by atoms with E-state index in [0.29, 0.717) is 104 Å². The Morgan fingerprint density at radius 3 is 1.97 bits per heavy atom. The number of carbonyl (C=O) groups excluding carboxylic acids is 5. The summed E-state index contributed by atoms with van der Waals surface area (Å²) in [6.45, 7) is 7.41. The predicted octanol–water partition coefficient (Wildman–Crippen LogP) is 5.47. The van der Waals surface area contributed by atoms with Gasteiger partial charge in [-0.25, -0.2) is 0 Å². The van der Waals surface area contributed by atoms with Gasteiger partial charge in [-0.2, -0.15) is 0 Å². The Hall–Kier alpha value is -6.14. The second-order valence-corrected chi connectivity index (χ2v) is 17.0. The van der Waals surface area contributed by atoms with Crippen molar-refractivity contribution in [2.75, 3.05) is 110 Å². The zero-order valence-electron chi connectivity index (χ0n) is 38.7. The van der Waals surface area contributed by atoms with E-state index in [1.165, 1.54) is 0 Å². The molecule has 2 fully saturated rings. The summed E-state index contributed by atoms with van der Waals surface area (Å²) in [5, 5.41) is 15.3. The van der Waals surface area contributed by atoms with Crippen LogP contribution < -0.4 is 15.4 Å². The van der Waals surface area contributed by atoms with Crippen LogP contribution in [-0.2, 0) is 33.3 Å². The van der Waals surface area contributed by atoms with Gasteiger partial charge in [0.05, 0.1) is 70.4 Å². The monoisotopic (exact) mass is 965 g/mol. The van der Waals surface area contributed by atoms with Crippen molar-refractivity contribution in [1.29, 1.82) is 0 Å². The number of benzene rings is 4. The maximum absolute atomic E-state index is 13.2. The Morgan fingerprint density at radius 1 is 0.681 bits per heavy atom. The summed E-state index contributed by atoms with van der Waals surface area (Å²) < 4.78 is 28.6. The third-order valence-electron chi connectivity index (χ3n) is 12.1. The fraction of sp³-hybridized carbons (Fsp3) is 0.404. The van der Waals surface area contributed by atoms with Gasteiger partial charge in [-0.05, 0) is 77.1 Å². The molecule has 5 amide bonds. The van der Waals surface area contributed by atoms with E-state index in [1.54, 1.807) is 30.3 Å². The van der Waals surface area contributed by atoms with Gasteiger partial charge < -0.3 is 39.0 Å². The lowest BCUT2D eigenvalue weighted by Crippen LogP contribution is -2.54. The molecule has 0 spiro atoms. The Balaban J connectivity index is 0.696. The average molecular weight is 967 g/mol. The lowest BCUT2D eigenvalue weighted by molar-refractivity contribution is -0.136. The number of fused-ring (bicyclic) bond motifs is 1. The Morgan fingerprint density at radius 2 is 1.32 bits per heavy atom. The van der Waals surface area contributed by atoms with Crippen LogP contribution in [0.15, 0.2) is 97.1 Å². The number of hydrogen-bond acceptors (Lipinski definition) is 13. The van der Waals surface area contributed by atoms with Crippen molar-refractivity contribution in [1.82, 2.24) is 20.0 Å². The smallest absolute Gasteiger partial charge is 0.264 e. The van der Waals surface area contributed by atoms with E-state index in [1.807, 2.05) is 47.4 Å². The molecule has 1 unspecified atom stereocenters. The molecule has 7 rings (SSSR count). The van der Waals surface area contributed by atoms with Gasteiger partial charge in [-0.15, -0.1) is 11.6 Å². The first-order valence-corrected chi connectivity index (χ1v) is 24.0. The molecular weight excluding hydrogens is 906 g/mol. The predicted molar refractivity (Wildman–Crippen MR) is 260 cm³/mol. The summed E-state index contributed by atoms with van der Waals surface area (Å²) in [6.07, 6.45) is 1.15. The maximum atomic E-state index is 13.2. The molecule has 3 N–H and O–H groups in total. The molecule has 4 aromatic rings. The number of piperidine rings is 1. The molecular formula is C52H60ClN5O11. The van der Waals surface area contributed by atoms with E-state index >= 15 is 0 Å². The van der Waals surface area contributed by atoms with Crippen LogP contribution in [0, 0.1) is 0 Å². The fourth-order valence-electron chi connectivity index (χ4n) is 8.52. The van der Waals surface area contributed by atoms with Gasteiger partial charge >= 0.3 is 0 Å². The Bertz CT molecular complexity index is 2390. The molecule has 16 nitrogen and oxygen atoms in total. The highest BCUT2D eigenvalue weighted by Gasteiger charge is 2.45. The molecule has 0 bridgehead atoms. The number of hydrogen-bond donors (Lipinski definition) is 3. The van der Waals surface area contributed by atoms with Gasteiger partial charge in [0, 0.05) is 57.3 Å². The summed E-state index contributed by atoms with van der Waals surface area (Å²) in [6, 6.07) is 29.5. The molecule has 3 heterocycles. The lowest BCUT2D eigenvalue weighted by Gasteiger charge is -2.34. The summed E-state index contributed by atoms with van der Waals surface area (Å²) in [5.41, 5.74) is 6.20. The normalized spacial score (nSPS) is 16.6. The number of halogens is 1. The number of rotatable bonds is 26. The zero-order valence-corrected chi connectivity index (χ0v) is 39.5. The van der Waals surface area contributed by atoms with Crippen molar-refractivity contribution in [2.24, 2.45) is 0 Å². The second kappa shape index (κ2) is 26.0. The van der Waals surface area contributed by atoms with Crippen molar-refractivity contribution in [3.63, 3.8) is 0 Å². The van der Waals surface area contributed by atoms with E-state index < -0.39 is 29.7 Å². The van der Waals surface area contributed by atoms with E-state index in [4.69, 9.17) is 35.3 Å². The van der Waals surface area contributed by atoms with Crippen molar-refractivity contribution < 1.29 is 52.8 Å². The van der Waals surface area contributed by atoms with E-state index in [-0.39, 0.29) is 35.6 Å². The van der Waals surface area contributed by atoms with E-state index in [0.717, 1.165) is 58.1 Å². The number of imide groups is 2. The van der Waals surface area contributed by atoms with Crippen LogP contribution in [0.25, 0.3) is 11.1 Å². The van der Waals surface area contributed by atoms with Crippen LogP contribution in [-0.4, -0.2) is 160 Å². The van der Waals surface area contributed by atoms with Gasteiger partial charge in [0.25, 0.3) is 11.8 Å². The molecule has 69 heavy (non-hydrogen) atoms. The molecule has 2 saturated heterocycles. The lowest BCUT2D eigenvalue weighted by atomic mass is 9.88. The van der Waals surface area contributed by atoms with Gasteiger partial charge in [0.15, 0.2) is 0 Å². The second-order valence-electron chi connectivity index (χ2n) is 16.6. The third-order valence-corrected chi connectivity index (χ3v) is 12.3. The van der Waals surface area contributed by atoms with Crippen LogP contribution in [0.2, 0.25) is 0 Å². The van der Waals surface area contributed by atoms with Crippen molar-refractivity contribution in [3.8, 4) is 11.5 Å². The molecule has 0 saturated carbocycles. The van der Waals surface area contributed by atoms with Crippen LogP contribution in [0.4, 0.5) is 5.69 Å². The molecule has 17 heteroatoms. The number of alkyl halides is 1. The molecule has 0 radical (unpaired) electrons. The number of allylic oxidation sites excluding steroid dienone is 1. The van der Waals surface area contributed by atoms with E-state index in [2.05, 4.69) is 39.8 Å². The van der Waals surface area contributed by atoms with Crippen molar-refractivity contribution >= 4 is 58.0 Å². The SMILES string of the molecule is O=C1CCC(N2C(=O)c3cccc(NCCOCCOCCOCCOCCC(=O)N4CCN(CCOc5ccc(C(=C(CCCl)c6ccccc6)c6ccc(O)cc6)cc5)CC4)c3C2=O)C(=O)N1. The summed E-state index contributed by atoms with van der Waals surface area (Å²) in [4.78, 5) is 68.2. The number of amides is 5. The highest BCUT2D eigenvalue weighted by molar-refractivity contribution is 6.25. The maximum Gasteiger partial charge on any atom is 0.264 e. The van der Waals surface area contributed by atoms with Crippen molar-refractivity contribution in [2.45, 2.75) is 31.7 Å². The number of piperazine rings is 1. The Kier molecular flexibility index (Phi) is 19.1. The molecule has 3 aliphatic heterocycles. The number of nitrogens with zero attached hydrogens (tertiary/aromatic N) is 3. The van der Waals surface area contributed by atoms with Gasteiger partial charge in [0.2, 0.25) is 17.7 Å². The number of anilines is 1.